The van der Waals surface area contributed by atoms with Gasteiger partial charge in [-0.2, -0.15) is 0 Å². The minimum Gasteiger partial charge on any atom is -0.480 e. The second-order valence-corrected chi connectivity index (χ2v) is 6.75. The SMILES string of the molecule is O=C(O)C1CCCCN1C(c1cccnc1)c1cccc(Br)c1. The third kappa shape index (κ3) is 3.62. The minimum atomic E-state index is -0.742. The van der Waals surface area contributed by atoms with Crippen molar-refractivity contribution in [2.45, 2.75) is 31.3 Å². The topological polar surface area (TPSA) is 53.4 Å². The molecular formula is C18H19BrN2O2. The molecule has 0 saturated carbocycles. The Morgan fingerprint density at radius 3 is 2.78 bits per heavy atom. The van der Waals surface area contributed by atoms with Gasteiger partial charge in [-0.25, -0.2) is 0 Å². The molecule has 0 bridgehead atoms. The monoisotopic (exact) mass is 374 g/mol. The van der Waals surface area contributed by atoms with Gasteiger partial charge in [-0.15, -0.1) is 0 Å². The molecule has 2 atom stereocenters. The van der Waals surface area contributed by atoms with Crippen LogP contribution in [0.5, 0.6) is 0 Å². The lowest BCUT2D eigenvalue weighted by Gasteiger charge is -2.39. The maximum atomic E-state index is 11.7. The van der Waals surface area contributed by atoms with Crippen LogP contribution in [0.2, 0.25) is 0 Å². The third-order valence-electron chi connectivity index (χ3n) is 4.33. The van der Waals surface area contributed by atoms with Gasteiger partial charge in [0, 0.05) is 16.9 Å². The summed E-state index contributed by atoms with van der Waals surface area (Å²) in [6.45, 7) is 0.781. The summed E-state index contributed by atoms with van der Waals surface area (Å²) >= 11 is 3.52. The number of rotatable bonds is 4. The second-order valence-electron chi connectivity index (χ2n) is 5.83. The second kappa shape index (κ2) is 7.23. The highest BCUT2D eigenvalue weighted by atomic mass is 79.9. The Balaban J connectivity index is 2.06. The third-order valence-corrected chi connectivity index (χ3v) is 4.82. The van der Waals surface area contributed by atoms with Crippen LogP contribution in [0, 0.1) is 0 Å². The highest BCUT2D eigenvalue weighted by Gasteiger charge is 2.35. The Kier molecular flexibility index (Phi) is 5.08. The number of benzene rings is 1. The first kappa shape index (κ1) is 16.1. The summed E-state index contributed by atoms with van der Waals surface area (Å²) in [4.78, 5) is 18.1. The van der Waals surface area contributed by atoms with Crippen LogP contribution in [0.15, 0.2) is 53.3 Å². The zero-order chi connectivity index (χ0) is 16.2. The fraction of sp³-hybridized carbons (Fsp3) is 0.333. The lowest BCUT2D eigenvalue weighted by atomic mass is 9.92. The lowest BCUT2D eigenvalue weighted by molar-refractivity contribution is -0.145. The quantitative estimate of drug-likeness (QED) is 0.882. The molecule has 5 heteroatoms. The van der Waals surface area contributed by atoms with Gasteiger partial charge in [0.05, 0.1) is 6.04 Å². The van der Waals surface area contributed by atoms with E-state index >= 15 is 0 Å². The van der Waals surface area contributed by atoms with Crippen molar-refractivity contribution in [2.75, 3.05) is 6.54 Å². The van der Waals surface area contributed by atoms with Crippen molar-refractivity contribution >= 4 is 21.9 Å². The molecule has 2 heterocycles. The molecule has 0 aliphatic carbocycles. The van der Waals surface area contributed by atoms with Crippen molar-refractivity contribution in [3.63, 3.8) is 0 Å². The average Bonchev–Trinajstić information content (AvgIpc) is 2.56. The highest BCUT2D eigenvalue weighted by molar-refractivity contribution is 9.10. The van der Waals surface area contributed by atoms with Gasteiger partial charge in [-0.1, -0.05) is 40.5 Å². The van der Waals surface area contributed by atoms with Crippen LogP contribution in [0.4, 0.5) is 0 Å². The summed E-state index contributed by atoms with van der Waals surface area (Å²) < 4.78 is 0.993. The van der Waals surface area contributed by atoms with Gasteiger partial charge in [-0.3, -0.25) is 14.7 Å². The zero-order valence-corrected chi connectivity index (χ0v) is 14.3. The largest absolute Gasteiger partial charge is 0.480 e. The first-order valence-corrected chi connectivity index (χ1v) is 8.60. The molecule has 2 unspecified atom stereocenters. The molecule has 3 rings (SSSR count). The number of carboxylic acids is 1. The maximum absolute atomic E-state index is 11.7. The van der Waals surface area contributed by atoms with E-state index < -0.39 is 12.0 Å². The number of nitrogens with zero attached hydrogens (tertiary/aromatic N) is 2. The number of carbonyl (C=O) groups is 1. The van der Waals surface area contributed by atoms with E-state index in [0.717, 1.165) is 35.0 Å². The normalized spacial score (nSPS) is 20.1. The van der Waals surface area contributed by atoms with Crippen molar-refractivity contribution in [2.24, 2.45) is 0 Å². The van der Waals surface area contributed by atoms with Crippen molar-refractivity contribution < 1.29 is 9.90 Å². The molecular weight excluding hydrogens is 356 g/mol. The average molecular weight is 375 g/mol. The van der Waals surface area contributed by atoms with Crippen LogP contribution in [0.3, 0.4) is 0 Å². The van der Waals surface area contributed by atoms with Gasteiger partial charge in [-0.05, 0) is 48.7 Å². The molecule has 1 aromatic carbocycles. The molecule has 1 fully saturated rings. The van der Waals surface area contributed by atoms with Gasteiger partial charge in [0.25, 0.3) is 0 Å². The van der Waals surface area contributed by atoms with Crippen LogP contribution in [0.1, 0.15) is 36.4 Å². The number of likely N-dealkylation sites (tertiary alicyclic amines) is 1. The Bertz CT molecular complexity index is 678. The first-order valence-electron chi connectivity index (χ1n) is 7.81. The molecule has 1 aliphatic rings. The number of hydrogen-bond donors (Lipinski definition) is 1. The van der Waals surface area contributed by atoms with Crippen molar-refractivity contribution in [1.82, 2.24) is 9.88 Å². The number of carboxylic acid groups (broad SMARTS) is 1. The van der Waals surface area contributed by atoms with Crippen LogP contribution < -0.4 is 0 Å². The minimum absolute atomic E-state index is 0.0948. The zero-order valence-electron chi connectivity index (χ0n) is 12.7. The fourth-order valence-corrected chi connectivity index (χ4v) is 3.73. The molecule has 1 N–H and O–H groups in total. The smallest absolute Gasteiger partial charge is 0.320 e. The number of pyridine rings is 1. The van der Waals surface area contributed by atoms with Crippen LogP contribution in [-0.4, -0.2) is 33.5 Å². The number of halogens is 1. The predicted molar refractivity (Wildman–Crippen MR) is 92.2 cm³/mol. The summed E-state index contributed by atoms with van der Waals surface area (Å²) in [6, 6.07) is 11.5. The van der Waals surface area contributed by atoms with E-state index in [-0.39, 0.29) is 6.04 Å². The van der Waals surface area contributed by atoms with E-state index in [4.69, 9.17) is 0 Å². The summed E-state index contributed by atoms with van der Waals surface area (Å²) in [6.07, 6.45) is 6.26. The van der Waals surface area contributed by atoms with Gasteiger partial charge < -0.3 is 5.11 Å². The summed E-state index contributed by atoms with van der Waals surface area (Å²) in [5.74, 6) is -0.742. The van der Waals surface area contributed by atoms with Gasteiger partial charge in [0.15, 0.2) is 0 Å². The van der Waals surface area contributed by atoms with Gasteiger partial charge in [0.2, 0.25) is 0 Å². The molecule has 120 valence electrons. The lowest BCUT2D eigenvalue weighted by Crippen LogP contribution is -2.46. The number of piperidine rings is 1. The standard InChI is InChI=1S/C18H19BrN2O2/c19-15-7-3-5-13(11-15)17(14-6-4-9-20-12-14)21-10-2-1-8-16(21)18(22)23/h3-7,9,11-12,16-17H,1-2,8,10H2,(H,22,23). The van der Waals surface area contributed by atoms with Crippen LogP contribution >= 0.6 is 15.9 Å². The van der Waals surface area contributed by atoms with E-state index in [9.17, 15) is 9.90 Å². The van der Waals surface area contributed by atoms with E-state index in [1.165, 1.54) is 0 Å². The molecule has 0 radical (unpaired) electrons. The van der Waals surface area contributed by atoms with Crippen molar-refractivity contribution in [3.05, 3.63) is 64.4 Å². The summed E-state index contributed by atoms with van der Waals surface area (Å²) in [5, 5.41) is 9.64. The highest BCUT2D eigenvalue weighted by Crippen LogP contribution is 2.34. The fourth-order valence-electron chi connectivity index (χ4n) is 3.32. The molecule has 4 nitrogen and oxygen atoms in total. The molecule has 23 heavy (non-hydrogen) atoms. The van der Waals surface area contributed by atoms with Crippen molar-refractivity contribution in [1.29, 1.82) is 0 Å². The van der Waals surface area contributed by atoms with Crippen LogP contribution in [-0.2, 0) is 4.79 Å². The summed E-state index contributed by atoms with van der Waals surface area (Å²) in [5.41, 5.74) is 2.11. The first-order chi connectivity index (χ1) is 11.2. The van der Waals surface area contributed by atoms with Gasteiger partial charge in [0.1, 0.15) is 6.04 Å². The predicted octanol–water partition coefficient (Wildman–Crippen LogP) is 3.87. The molecule has 0 spiro atoms. The molecule has 1 saturated heterocycles. The van der Waals surface area contributed by atoms with Gasteiger partial charge >= 0.3 is 5.97 Å². The van der Waals surface area contributed by atoms with E-state index in [1.54, 1.807) is 6.20 Å². The molecule has 1 aliphatic heterocycles. The Morgan fingerprint density at radius 1 is 1.26 bits per heavy atom. The Labute approximate surface area is 144 Å². The number of hydrogen-bond acceptors (Lipinski definition) is 3. The Hall–Kier alpha value is -1.72. The number of aromatic nitrogens is 1. The Morgan fingerprint density at radius 2 is 2.09 bits per heavy atom. The molecule has 1 aromatic heterocycles. The van der Waals surface area contributed by atoms with Crippen molar-refractivity contribution in [3.8, 4) is 0 Å². The molecule has 2 aromatic rings. The molecule has 0 amide bonds. The van der Waals surface area contributed by atoms with Crippen LogP contribution in [0.25, 0.3) is 0 Å². The van der Waals surface area contributed by atoms with E-state index in [1.807, 2.05) is 30.5 Å². The van der Waals surface area contributed by atoms with E-state index in [0.29, 0.717) is 6.42 Å². The van der Waals surface area contributed by atoms with E-state index in [2.05, 4.69) is 37.9 Å². The maximum Gasteiger partial charge on any atom is 0.320 e. The summed E-state index contributed by atoms with van der Waals surface area (Å²) in [7, 11) is 0. The number of aliphatic carboxylic acids is 1.